The first-order valence-corrected chi connectivity index (χ1v) is 8.54. The van der Waals surface area contributed by atoms with Crippen LogP contribution in [0.25, 0.3) is 0 Å². The number of ether oxygens (including phenoxy) is 1. The van der Waals surface area contributed by atoms with Crippen LogP contribution in [0.2, 0.25) is 0 Å². The zero-order valence-corrected chi connectivity index (χ0v) is 14.2. The van der Waals surface area contributed by atoms with Gasteiger partial charge in [-0.1, -0.05) is 30.3 Å². The number of aliphatic hydroxyl groups excluding tert-OH is 1. The van der Waals surface area contributed by atoms with Crippen LogP contribution in [0.3, 0.4) is 0 Å². The van der Waals surface area contributed by atoms with Crippen LogP contribution >= 0.6 is 0 Å². The molecule has 0 saturated carbocycles. The van der Waals surface area contributed by atoms with Crippen LogP contribution in [0.4, 0.5) is 0 Å². The normalized spacial score (nSPS) is 18.6. The van der Waals surface area contributed by atoms with Crippen molar-refractivity contribution in [1.82, 2.24) is 10.2 Å². The predicted octanol–water partition coefficient (Wildman–Crippen LogP) is 1.84. The molecule has 5 nitrogen and oxygen atoms in total. The average molecular weight is 319 g/mol. The lowest BCUT2D eigenvalue weighted by Gasteiger charge is -2.30. The highest BCUT2D eigenvalue weighted by molar-refractivity contribution is 5.80. The number of guanidine groups is 1. The van der Waals surface area contributed by atoms with E-state index in [0.717, 1.165) is 45.2 Å². The minimum atomic E-state index is -0.332. The molecule has 1 heterocycles. The van der Waals surface area contributed by atoms with Crippen LogP contribution in [-0.4, -0.2) is 61.5 Å². The summed E-state index contributed by atoms with van der Waals surface area (Å²) in [7, 11) is 0. The highest BCUT2D eigenvalue weighted by atomic mass is 16.5. The van der Waals surface area contributed by atoms with Gasteiger partial charge >= 0.3 is 0 Å². The summed E-state index contributed by atoms with van der Waals surface area (Å²) in [5.41, 5.74) is 1.23. The summed E-state index contributed by atoms with van der Waals surface area (Å²) in [5.74, 6) is 1.17. The van der Waals surface area contributed by atoms with Crippen LogP contribution in [-0.2, 0) is 4.74 Å². The van der Waals surface area contributed by atoms with Crippen LogP contribution in [0.15, 0.2) is 35.3 Å². The second-order valence-electron chi connectivity index (χ2n) is 5.99. The molecule has 2 atom stereocenters. The summed E-state index contributed by atoms with van der Waals surface area (Å²) < 4.78 is 5.42. The molecule has 0 unspecified atom stereocenters. The summed E-state index contributed by atoms with van der Waals surface area (Å²) >= 11 is 0. The van der Waals surface area contributed by atoms with Crippen molar-refractivity contribution in [3.8, 4) is 0 Å². The highest BCUT2D eigenvalue weighted by Gasteiger charge is 2.17. The van der Waals surface area contributed by atoms with Gasteiger partial charge in [-0.25, -0.2) is 0 Å². The van der Waals surface area contributed by atoms with E-state index in [9.17, 15) is 5.11 Å². The van der Waals surface area contributed by atoms with E-state index in [1.54, 1.807) is 0 Å². The van der Waals surface area contributed by atoms with Crippen LogP contribution in [0, 0.1) is 0 Å². The summed E-state index contributed by atoms with van der Waals surface area (Å²) in [6.45, 7) is 8.70. The minimum Gasteiger partial charge on any atom is -0.393 e. The van der Waals surface area contributed by atoms with E-state index in [-0.39, 0.29) is 12.0 Å². The molecule has 1 aliphatic rings. The Hall–Kier alpha value is -1.59. The van der Waals surface area contributed by atoms with E-state index in [0.29, 0.717) is 6.54 Å². The van der Waals surface area contributed by atoms with E-state index in [1.807, 2.05) is 25.1 Å². The number of nitrogens with one attached hydrogen (secondary N) is 1. The number of morpholine rings is 1. The van der Waals surface area contributed by atoms with E-state index < -0.39 is 0 Å². The quantitative estimate of drug-likeness (QED) is 0.620. The van der Waals surface area contributed by atoms with Gasteiger partial charge in [0.25, 0.3) is 0 Å². The average Bonchev–Trinajstić information content (AvgIpc) is 2.58. The van der Waals surface area contributed by atoms with E-state index in [2.05, 4.69) is 29.3 Å². The monoisotopic (exact) mass is 319 g/mol. The molecule has 0 bridgehead atoms. The minimum absolute atomic E-state index is 0.228. The lowest BCUT2D eigenvalue weighted by atomic mass is 9.93. The number of aliphatic imine (C=N–C) groups is 1. The molecule has 128 valence electrons. The second-order valence-corrected chi connectivity index (χ2v) is 5.99. The Bertz CT molecular complexity index is 470. The van der Waals surface area contributed by atoms with Crippen LogP contribution in [0.5, 0.6) is 0 Å². The molecule has 23 heavy (non-hydrogen) atoms. The molecule has 2 rings (SSSR count). The van der Waals surface area contributed by atoms with Crippen molar-refractivity contribution >= 4 is 5.96 Å². The number of nitrogens with zero attached hydrogens (tertiary/aromatic N) is 2. The number of benzene rings is 1. The Kier molecular flexibility index (Phi) is 7.36. The van der Waals surface area contributed by atoms with Crippen molar-refractivity contribution in [2.75, 3.05) is 39.4 Å². The lowest BCUT2D eigenvalue weighted by molar-refractivity contribution is 0.0664. The largest absolute Gasteiger partial charge is 0.393 e. The van der Waals surface area contributed by atoms with Gasteiger partial charge in [-0.15, -0.1) is 0 Å². The van der Waals surface area contributed by atoms with E-state index >= 15 is 0 Å². The summed E-state index contributed by atoms with van der Waals surface area (Å²) in [5, 5.41) is 13.2. The van der Waals surface area contributed by atoms with Gasteiger partial charge < -0.3 is 20.1 Å². The fraction of sp³-hybridized carbons (Fsp3) is 0.611. The van der Waals surface area contributed by atoms with Crippen molar-refractivity contribution < 1.29 is 9.84 Å². The molecule has 0 spiro atoms. The van der Waals surface area contributed by atoms with Gasteiger partial charge in [0.15, 0.2) is 5.96 Å². The zero-order chi connectivity index (χ0) is 16.5. The van der Waals surface area contributed by atoms with Crippen LogP contribution < -0.4 is 5.32 Å². The Morgan fingerprint density at radius 2 is 2.00 bits per heavy atom. The second kappa shape index (κ2) is 9.53. The third-order valence-corrected chi connectivity index (χ3v) is 4.00. The fourth-order valence-corrected chi connectivity index (χ4v) is 2.85. The number of aliphatic hydroxyl groups is 1. The van der Waals surface area contributed by atoms with Crippen molar-refractivity contribution in [2.45, 2.75) is 32.3 Å². The Balaban J connectivity index is 2.09. The highest BCUT2D eigenvalue weighted by Crippen LogP contribution is 2.21. The third kappa shape index (κ3) is 5.84. The molecule has 0 amide bonds. The first-order valence-electron chi connectivity index (χ1n) is 8.54. The standard InChI is InChI=1S/C18H29N3O2/c1-3-19-18(21-9-11-23-12-10-21)20-14-17(13-15(2)22)16-7-5-4-6-8-16/h4-8,15,17,22H,3,9-14H2,1-2H3,(H,19,20)/t15-,17-/m0/s1. The van der Waals surface area contributed by atoms with Gasteiger partial charge in [0.05, 0.1) is 19.3 Å². The molecule has 1 fully saturated rings. The molecule has 5 heteroatoms. The first-order chi connectivity index (χ1) is 11.2. The van der Waals surface area contributed by atoms with Crippen molar-refractivity contribution in [3.63, 3.8) is 0 Å². The van der Waals surface area contributed by atoms with E-state index in [4.69, 9.17) is 9.73 Å². The van der Waals surface area contributed by atoms with Crippen molar-refractivity contribution in [1.29, 1.82) is 0 Å². The molecule has 0 radical (unpaired) electrons. The molecule has 1 saturated heterocycles. The van der Waals surface area contributed by atoms with Crippen molar-refractivity contribution in [3.05, 3.63) is 35.9 Å². The predicted molar refractivity (Wildman–Crippen MR) is 93.9 cm³/mol. The molecule has 1 aromatic carbocycles. The topological polar surface area (TPSA) is 57.1 Å². The van der Waals surface area contributed by atoms with Crippen molar-refractivity contribution in [2.24, 2.45) is 4.99 Å². The maximum Gasteiger partial charge on any atom is 0.194 e. The zero-order valence-electron chi connectivity index (χ0n) is 14.2. The number of rotatable bonds is 6. The first kappa shape index (κ1) is 17.8. The van der Waals surface area contributed by atoms with E-state index in [1.165, 1.54) is 5.56 Å². The third-order valence-electron chi connectivity index (χ3n) is 4.00. The fourth-order valence-electron chi connectivity index (χ4n) is 2.85. The maximum atomic E-state index is 9.81. The summed E-state index contributed by atoms with van der Waals surface area (Å²) in [6.07, 6.45) is 0.386. The Labute approximate surface area is 139 Å². The maximum absolute atomic E-state index is 9.81. The van der Waals surface area contributed by atoms with Gasteiger partial charge in [-0.3, -0.25) is 4.99 Å². The van der Waals surface area contributed by atoms with Crippen LogP contribution in [0.1, 0.15) is 31.7 Å². The van der Waals surface area contributed by atoms with Gasteiger partial charge in [0, 0.05) is 32.1 Å². The molecule has 1 aromatic rings. The van der Waals surface area contributed by atoms with Gasteiger partial charge in [0.1, 0.15) is 0 Å². The lowest BCUT2D eigenvalue weighted by Crippen LogP contribution is -2.47. The van der Waals surface area contributed by atoms with Gasteiger partial charge in [-0.05, 0) is 25.8 Å². The molecule has 0 aromatic heterocycles. The van der Waals surface area contributed by atoms with Gasteiger partial charge in [0.2, 0.25) is 0 Å². The van der Waals surface area contributed by atoms with Gasteiger partial charge in [-0.2, -0.15) is 0 Å². The molecular formula is C18H29N3O2. The molecule has 1 aliphatic heterocycles. The SMILES string of the molecule is CCNC(=NC[C@H](C[C@H](C)O)c1ccccc1)N1CCOCC1. The number of hydrogen-bond donors (Lipinski definition) is 2. The smallest absolute Gasteiger partial charge is 0.194 e. The molecular weight excluding hydrogens is 290 g/mol. The molecule has 2 N–H and O–H groups in total. The summed E-state index contributed by atoms with van der Waals surface area (Å²) in [6, 6.07) is 10.3. The number of hydrogen-bond acceptors (Lipinski definition) is 3. The molecule has 0 aliphatic carbocycles. The summed E-state index contributed by atoms with van der Waals surface area (Å²) in [4.78, 5) is 7.08. The Morgan fingerprint density at radius 1 is 1.30 bits per heavy atom. The Morgan fingerprint density at radius 3 is 2.61 bits per heavy atom.